The smallest absolute Gasteiger partial charge is 0.249 e. The van der Waals surface area contributed by atoms with Crippen molar-refractivity contribution >= 4 is 5.91 Å². The van der Waals surface area contributed by atoms with Crippen LogP contribution in [0.3, 0.4) is 0 Å². The van der Waals surface area contributed by atoms with Crippen molar-refractivity contribution in [3.8, 4) is 0 Å². The third kappa shape index (κ3) is 3.80. The Labute approximate surface area is 119 Å². The lowest BCUT2D eigenvalue weighted by atomic mass is 10.1. The molecule has 0 aromatic carbocycles. The van der Waals surface area contributed by atoms with Gasteiger partial charge in [-0.25, -0.2) is 4.98 Å². The zero-order valence-corrected chi connectivity index (χ0v) is 12.4. The molecule has 1 aliphatic rings. The number of hydrogen-bond donors (Lipinski definition) is 1. The zero-order chi connectivity index (χ0) is 14.5. The molecule has 0 saturated carbocycles. The number of nitrogens with one attached hydrogen (secondary N) is 1. The van der Waals surface area contributed by atoms with Gasteiger partial charge in [0, 0.05) is 32.3 Å². The van der Waals surface area contributed by atoms with Gasteiger partial charge >= 0.3 is 0 Å². The van der Waals surface area contributed by atoms with E-state index in [0.717, 1.165) is 30.9 Å². The number of imidazole rings is 1. The molecule has 2 heterocycles. The quantitative estimate of drug-likeness (QED) is 0.779. The first-order chi connectivity index (χ1) is 9.60. The van der Waals surface area contributed by atoms with Crippen molar-refractivity contribution in [2.75, 3.05) is 20.3 Å². The molecule has 0 saturated heterocycles. The Morgan fingerprint density at radius 3 is 3.15 bits per heavy atom. The largest absolute Gasteiger partial charge is 0.382 e. The molecule has 0 radical (unpaired) electrons. The Bertz CT molecular complexity index is 459. The Morgan fingerprint density at radius 1 is 1.60 bits per heavy atom. The zero-order valence-electron chi connectivity index (χ0n) is 12.4. The van der Waals surface area contributed by atoms with Crippen LogP contribution in [0, 0.1) is 6.92 Å². The van der Waals surface area contributed by atoms with Gasteiger partial charge in [0.25, 0.3) is 0 Å². The number of nitrogens with zero attached hydrogens (tertiary/aromatic N) is 2. The Hall–Kier alpha value is -1.40. The van der Waals surface area contributed by atoms with Crippen molar-refractivity contribution in [1.82, 2.24) is 14.9 Å². The fraction of sp³-hybridized carbons (Fsp3) is 0.714. The van der Waals surface area contributed by atoms with E-state index in [-0.39, 0.29) is 11.9 Å². The summed E-state index contributed by atoms with van der Waals surface area (Å²) in [6.45, 7) is 5.47. The number of ether oxygens (including phenoxy) is 2. The maximum Gasteiger partial charge on any atom is 0.249 e. The summed E-state index contributed by atoms with van der Waals surface area (Å²) in [6, 6.07) is 0.150. The van der Waals surface area contributed by atoms with Gasteiger partial charge in [-0.05, 0) is 20.3 Å². The average Bonchev–Trinajstić information content (AvgIpc) is 2.78. The van der Waals surface area contributed by atoms with E-state index in [2.05, 4.69) is 14.9 Å². The molecule has 1 N–H and O–H groups in total. The van der Waals surface area contributed by atoms with Crippen LogP contribution in [-0.4, -0.2) is 47.9 Å². The molecule has 2 atom stereocenters. The highest BCUT2D eigenvalue weighted by Crippen LogP contribution is 2.15. The molecule has 0 spiro atoms. The van der Waals surface area contributed by atoms with Gasteiger partial charge in [-0.15, -0.1) is 0 Å². The summed E-state index contributed by atoms with van der Waals surface area (Å²) in [5.41, 5.74) is 1.03. The van der Waals surface area contributed by atoms with E-state index < -0.39 is 6.10 Å². The van der Waals surface area contributed by atoms with Gasteiger partial charge < -0.3 is 19.4 Å². The van der Waals surface area contributed by atoms with E-state index in [1.165, 1.54) is 0 Å². The van der Waals surface area contributed by atoms with Gasteiger partial charge in [-0.3, -0.25) is 4.79 Å². The molecule has 0 bridgehead atoms. The van der Waals surface area contributed by atoms with Crippen LogP contribution in [0.1, 0.15) is 24.9 Å². The highest BCUT2D eigenvalue weighted by Gasteiger charge is 2.23. The van der Waals surface area contributed by atoms with E-state index in [4.69, 9.17) is 9.47 Å². The number of methoxy groups -OCH3 is 1. The molecule has 20 heavy (non-hydrogen) atoms. The van der Waals surface area contributed by atoms with Crippen LogP contribution in [0.15, 0.2) is 6.20 Å². The molecule has 0 aliphatic carbocycles. The average molecular weight is 281 g/mol. The summed E-state index contributed by atoms with van der Waals surface area (Å²) >= 11 is 0. The van der Waals surface area contributed by atoms with Crippen LogP contribution in [0.25, 0.3) is 0 Å². The van der Waals surface area contributed by atoms with Crippen molar-refractivity contribution in [1.29, 1.82) is 0 Å². The van der Waals surface area contributed by atoms with E-state index in [0.29, 0.717) is 13.2 Å². The molecule has 0 unspecified atom stereocenters. The van der Waals surface area contributed by atoms with Crippen molar-refractivity contribution in [3.63, 3.8) is 0 Å². The lowest BCUT2D eigenvalue weighted by Gasteiger charge is -2.26. The van der Waals surface area contributed by atoms with E-state index in [1.54, 1.807) is 14.0 Å². The second-order valence-electron chi connectivity index (χ2n) is 5.20. The van der Waals surface area contributed by atoms with Crippen molar-refractivity contribution in [2.45, 2.75) is 45.4 Å². The molecule has 0 fully saturated rings. The van der Waals surface area contributed by atoms with Crippen LogP contribution < -0.4 is 5.32 Å². The summed E-state index contributed by atoms with van der Waals surface area (Å²) in [4.78, 5) is 16.5. The van der Waals surface area contributed by atoms with Gasteiger partial charge in [0.15, 0.2) is 0 Å². The maximum atomic E-state index is 12.0. The molecule has 1 aromatic rings. The molecular formula is C14H23N3O3. The van der Waals surface area contributed by atoms with Crippen LogP contribution in [-0.2, 0) is 27.2 Å². The Morgan fingerprint density at radius 2 is 2.40 bits per heavy atom. The van der Waals surface area contributed by atoms with Crippen molar-refractivity contribution < 1.29 is 14.3 Å². The molecular weight excluding hydrogens is 258 g/mol. The third-order valence-electron chi connectivity index (χ3n) is 3.48. The van der Waals surface area contributed by atoms with Crippen LogP contribution in [0.2, 0.25) is 0 Å². The predicted octanol–water partition coefficient (Wildman–Crippen LogP) is 0.674. The molecule has 2 rings (SSSR count). The maximum absolute atomic E-state index is 12.0. The summed E-state index contributed by atoms with van der Waals surface area (Å²) in [5.74, 6) is 1.05. The first kappa shape index (κ1) is 15.0. The lowest BCUT2D eigenvalue weighted by Crippen LogP contribution is -2.45. The highest BCUT2D eigenvalue weighted by atomic mass is 16.5. The first-order valence-electron chi connectivity index (χ1n) is 7.03. The standard InChI is InChI=1S/C14H23N3O3/c1-10-8-17-9-12(4-5-13(17)15-10)16-14(18)11(2)20-7-6-19-3/h8,11-12H,4-7,9H2,1-3H3,(H,16,18)/t11-,12+/m0/s1. The summed E-state index contributed by atoms with van der Waals surface area (Å²) in [5, 5.41) is 3.04. The van der Waals surface area contributed by atoms with E-state index in [9.17, 15) is 4.79 Å². The molecule has 1 aliphatic heterocycles. The van der Waals surface area contributed by atoms with E-state index in [1.807, 2.05) is 13.1 Å². The number of carbonyl (C=O) groups is 1. The number of carbonyl (C=O) groups excluding carboxylic acids is 1. The second kappa shape index (κ2) is 6.85. The fourth-order valence-electron chi connectivity index (χ4n) is 2.41. The summed E-state index contributed by atoms with van der Waals surface area (Å²) in [6.07, 6.45) is 3.41. The Balaban J connectivity index is 1.81. The number of amides is 1. The summed E-state index contributed by atoms with van der Waals surface area (Å²) < 4.78 is 12.4. The van der Waals surface area contributed by atoms with Crippen LogP contribution in [0.4, 0.5) is 0 Å². The number of hydrogen-bond acceptors (Lipinski definition) is 4. The number of fused-ring (bicyclic) bond motifs is 1. The molecule has 112 valence electrons. The third-order valence-corrected chi connectivity index (χ3v) is 3.48. The minimum atomic E-state index is -0.448. The number of aryl methyl sites for hydroxylation is 2. The summed E-state index contributed by atoms with van der Waals surface area (Å²) in [7, 11) is 1.61. The normalized spacial score (nSPS) is 19.4. The SMILES string of the molecule is COCCO[C@@H](C)C(=O)N[C@@H]1CCc2nc(C)cn2C1. The molecule has 6 nitrogen and oxygen atoms in total. The number of aromatic nitrogens is 2. The van der Waals surface area contributed by atoms with Crippen LogP contribution >= 0.6 is 0 Å². The predicted molar refractivity (Wildman–Crippen MR) is 74.5 cm³/mol. The highest BCUT2D eigenvalue weighted by molar-refractivity contribution is 5.80. The van der Waals surface area contributed by atoms with Gasteiger partial charge in [0.2, 0.25) is 5.91 Å². The lowest BCUT2D eigenvalue weighted by molar-refractivity contribution is -0.133. The Kier molecular flexibility index (Phi) is 5.14. The first-order valence-corrected chi connectivity index (χ1v) is 7.03. The molecule has 6 heteroatoms. The monoisotopic (exact) mass is 281 g/mol. The van der Waals surface area contributed by atoms with Crippen molar-refractivity contribution in [2.24, 2.45) is 0 Å². The minimum absolute atomic E-state index is 0.0635. The van der Waals surface area contributed by atoms with Gasteiger partial charge in [-0.1, -0.05) is 0 Å². The van der Waals surface area contributed by atoms with Gasteiger partial charge in [-0.2, -0.15) is 0 Å². The molecule has 1 amide bonds. The number of rotatable bonds is 6. The van der Waals surface area contributed by atoms with Crippen LogP contribution in [0.5, 0.6) is 0 Å². The second-order valence-corrected chi connectivity index (χ2v) is 5.20. The minimum Gasteiger partial charge on any atom is -0.382 e. The van der Waals surface area contributed by atoms with Gasteiger partial charge in [0.1, 0.15) is 11.9 Å². The van der Waals surface area contributed by atoms with Crippen molar-refractivity contribution in [3.05, 3.63) is 17.7 Å². The van der Waals surface area contributed by atoms with Gasteiger partial charge in [0.05, 0.1) is 18.9 Å². The fourth-order valence-corrected chi connectivity index (χ4v) is 2.41. The topological polar surface area (TPSA) is 65.4 Å². The van der Waals surface area contributed by atoms with E-state index >= 15 is 0 Å². The molecule has 1 aromatic heterocycles.